The average Bonchev–Trinajstić information content (AvgIpc) is 2.77. The molecule has 3 nitrogen and oxygen atoms in total. The second kappa shape index (κ2) is 6.17. The van der Waals surface area contributed by atoms with Gasteiger partial charge in [-0.2, -0.15) is 0 Å². The van der Waals surface area contributed by atoms with Crippen LogP contribution in [0.15, 0.2) is 23.7 Å². The van der Waals surface area contributed by atoms with Crippen LogP contribution in [0.4, 0.5) is 0 Å². The van der Waals surface area contributed by atoms with Gasteiger partial charge in [0.2, 0.25) is 0 Å². The van der Waals surface area contributed by atoms with E-state index in [9.17, 15) is 0 Å². The topological polar surface area (TPSA) is 48.1 Å². The predicted octanol–water partition coefficient (Wildman–Crippen LogP) is 3.40. The predicted molar refractivity (Wildman–Crippen MR) is 79.8 cm³/mol. The van der Waals surface area contributed by atoms with E-state index in [1.54, 1.807) is 11.3 Å². The molecule has 0 bridgehead atoms. The van der Waals surface area contributed by atoms with Crippen molar-refractivity contribution in [2.45, 2.75) is 33.2 Å². The molecule has 2 N–H and O–H groups in total. The van der Waals surface area contributed by atoms with Crippen LogP contribution in [-0.4, -0.2) is 11.6 Å². The molecule has 2 rings (SSSR count). The van der Waals surface area contributed by atoms with E-state index in [1.165, 1.54) is 10.4 Å². The summed E-state index contributed by atoms with van der Waals surface area (Å²) in [5.41, 5.74) is 11.2. The Labute approximate surface area is 118 Å². The minimum Gasteiger partial charge on any atom is -0.493 e. The molecule has 1 heterocycles. The molecule has 0 aliphatic heterocycles. The van der Waals surface area contributed by atoms with Crippen LogP contribution in [0.1, 0.15) is 34.7 Å². The minimum atomic E-state index is -0.0139. The molecule has 0 aliphatic rings. The van der Waals surface area contributed by atoms with Crippen molar-refractivity contribution in [3.63, 3.8) is 0 Å². The fraction of sp³-hybridized carbons (Fsp3) is 0.400. The van der Waals surface area contributed by atoms with E-state index in [-0.39, 0.29) is 6.04 Å². The summed E-state index contributed by atoms with van der Waals surface area (Å²) in [5.74, 6) is 0.891. The lowest BCUT2D eigenvalue weighted by atomic mass is 10.1. The lowest BCUT2D eigenvalue weighted by Gasteiger charge is -2.14. The summed E-state index contributed by atoms with van der Waals surface area (Å²) < 4.78 is 5.88. The largest absolute Gasteiger partial charge is 0.493 e. The van der Waals surface area contributed by atoms with Crippen LogP contribution in [0.3, 0.4) is 0 Å². The summed E-state index contributed by atoms with van der Waals surface area (Å²) in [4.78, 5) is 5.53. The summed E-state index contributed by atoms with van der Waals surface area (Å²) in [6, 6.07) is 6.14. The lowest BCUT2D eigenvalue weighted by Crippen LogP contribution is -2.10. The van der Waals surface area contributed by atoms with E-state index in [0.29, 0.717) is 6.61 Å². The number of rotatable bonds is 5. The molecule has 0 saturated carbocycles. The van der Waals surface area contributed by atoms with Gasteiger partial charge >= 0.3 is 0 Å². The van der Waals surface area contributed by atoms with Gasteiger partial charge in [0.25, 0.3) is 0 Å². The minimum absolute atomic E-state index is 0.0139. The summed E-state index contributed by atoms with van der Waals surface area (Å²) in [6.07, 6.45) is 0.892. The van der Waals surface area contributed by atoms with E-state index in [1.807, 2.05) is 25.4 Å². The molecule has 102 valence electrons. The van der Waals surface area contributed by atoms with Crippen molar-refractivity contribution in [3.8, 4) is 5.75 Å². The highest BCUT2D eigenvalue weighted by Gasteiger charge is 2.09. The number of aryl methyl sites for hydroxylation is 2. The molecule has 1 unspecified atom stereocenters. The summed E-state index contributed by atoms with van der Waals surface area (Å²) in [7, 11) is 0. The monoisotopic (exact) mass is 276 g/mol. The van der Waals surface area contributed by atoms with Crippen molar-refractivity contribution in [2.24, 2.45) is 5.73 Å². The van der Waals surface area contributed by atoms with E-state index in [2.05, 4.69) is 24.0 Å². The van der Waals surface area contributed by atoms with Crippen LogP contribution >= 0.6 is 11.3 Å². The molecule has 0 amide bonds. The number of nitrogens with zero attached hydrogens (tertiary/aromatic N) is 1. The fourth-order valence-electron chi connectivity index (χ4n) is 1.97. The highest BCUT2D eigenvalue weighted by Crippen LogP contribution is 2.25. The van der Waals surface area contributed by atoms with Gasteiger partial charge in [0.15, 0.2) is 0 Å². The van der Waals surface area contributed by atoms with Crippen molar-refractivity contribution < 1.29 is 4.74 Å². The molecule has 2 aromatic rings. The molecule has 0 aliphatic carbocycles. The fourth-order valence-corrected chi connectivity index (χ4v) is 2.74. The Morgan fingerprint density at radius 3 is 2.79 bits per heavy atom. The zero-order chi connectivity index (χ0) is 13.8. The number of ether oxygens (including phenoxy) is 1. The lowest BCUT2D eigenvalue weighted by molar-refractivity contribution is 0.317. The number of benzene rings is 1. The van der Waals surface area contributed by atoms with Gasteiger partial charge in [-0.3, -0.25) is 0 Å². The van der Waals surface area contributed by atoms with Gasteiger partial charge in [0.1, 0.15) is 5.75 Å². The van der Waals surface area contributed by atoms with Gasteiger partial charge in [0.05, 0.1) is 17.8 Å². The number of thiazole rings is 1. The van der Waals surface area contributed by atoms with Gasteiger partial charge in [0, 0.05) is 22.9 Å². The maximum Gasteiger partial charge on any atom is 0.124 e. The highest BCUT2D eigenvalue weighted by molar-refractivity contribution is 7.09. The van der Waals surface area contributed by atoms with Gasteiger partial charge in [-0.25, -0.2) is 4.98 Å². The molecule has 0 spiro atoms. The molecule has 4 heteroatoms. The molecule has 19 heavy (non-hydrogen) atoms. The van der Waals surface area contributed by atoms with Crippen LogP contribution in [-0.2, 0) is 6.42 Å². The zero-order valence-electron chi connectivity index (χ0n) is 11.6. The second-order valence-electron chi connectivity index (χ2n) is 4.79. The number of hydrogen-bond acceptors (Lipinski definition) is 4. The second-order valence-corrected chi connectivity index (χ2v) is 5.73. The maximum absolute atomic E-state index is 5.99. The molecule has 1 aromatic heterocycles. The Balaban J connectivity index is 2.01. The number of aromatic nitrogens is 1. The van der Waals surface area contributed by atoms with E-state index >= 15 is 0 Å². The van der Waals surface area contributed by atoms with Crippen molar-refractivity contribution in [3.05, 3.63) is 45.4 Å². The summed E-state index contributed by atoms with van der Waals surface area (Å²) >= 11 is 1.68. The molecular weight excluding hydrogens is 256 g/mol. The average molecular weight is 276 g/mol. The van der Waals surface area contributed by atoms with Gasteiger partial charge < -0.3 is 10.5 Å². The Kier molecular flexibility index (Phi) is 4.56. The Morgan fingerprint density at radius 2 is 2.16 bits per heavy atom. The van der Waals surface area contributed by atoms with Crippen molar-refractivity contribution >= 4 is 11.3 Å². The molecule has 1 atom stereocenters. The van der Waals surface area contributed by atoms with Crippen LogP contribution < -0.4 is 10.5 Å². The third kappa shape index (κ3) is 3.55. The first-order valence-corrected chi connectivity index (χ1v) is 7.34. The highest BCUT2D eigenvalue weighted by atomic mass is 32.1. The van der Waals surface area contributed by atoms with Crippen LogP contribution in [0, 0.1) is 13.8 Å². The first kappa shape index (κ1) is 14.0. The Hall–Kier alpha value is -1.39. The first-order chi connectivity index (χ1) is 9.08. The van der Waals surface area contributed by atoms with Crippen molar-refractivity contribution in [1.82, 2.24) is 4.98 Å². The third-order valence-electron chi connectivity index (χ3n) is 3.09. The Bertz CT molecular complexity index is 549. The van der Waals surface area contributed by atoms with Gasteiger partial charge in [-0.1, -0.05) is 17.7 Å². The van der Waals surface area contributed by atoms with Crippen LogP contribution in [0.2, 0.25) is 0 Å². The van der Waals surface area contributed by atoms with Crippen LogP contribution in [0.5, 0.6) is 5.75 Å². The van der Waals surface area contributed by atoms with E-state index < -0.39 is 0 Å². The summed E-state index contributed by atoms with van der Waals surface area (Å²) in [5, 5.41) is 0. The van der Waals surface area contributed by atoms with Crippen molar-refractivity contribution in [2.75, 3.05) is 6.61 Å². The van der Waals surface area contributed by atoms with Gasteiger partial charge in [-0.05, 0) is 26.8 Å². The van der Waals surface area contributed by atoms with E-state index in [0.717, 1.165) is 23.4 Å². The standard InChI is InChI=1S/C15H20N2OS/c1-10-4-5-14(13(8-10)11(2)16)18-7-6-15-12(3)17-9-19-15/h4-5,8-9,11H,6-7,16H2,1-3H3. The Morgan fingerprint density at radius 1 is 1.37 bits per heavy atom. The number of hydrogen-bond donors (Lipinski definition) is 1. The maximum atomic E-state index is 5.99. The zero-order valence-corrected chi connectivity index (χ0v) is 12.5. The van der Waals surface area contributed by atoms with E-state index in [4.69, 9.17) is 10.5 Å². The molecule has 0 radical (unpaired) electrons. The summed E-state index contributed by atoms with van der Waals surface area (Å²) in [6.45, 7) is 6.74. The quantitative estimate of drug-likeness (QED) is 0.910. The SMILES string of the molecule is Cc1ccc(OCCc2scnc2C)c(C(C)N)c1. The third-order valence-corrected chi connectivity index (χ3v) is 4.08. The number of nitrogens with two attached hydrogens (primary N) is 1. The van der Waals surface area contributed by atoms with Gasteiger partial charge in [-0.15, -0.1) is 11.3 Å². The molecule has 0 saturated heterocycles. The normalized spacial score (nSPS) is 12.4. The van der Waals surface area contributed by atoms with Crippen molar-refractivity contribution in [1.29, 1.82) is 0 Å². The smallest absolute Gasteiger partial charge is 0.124 e. The molecule has 0 fully saturated rings. The first-order valence-electron chi connectivity index (χ1n) is 6.46. The molecular formula is C15H20N2OS. The molecule has 1 aromatic carbocycles. The van der Waals surface area contributed by atoms with Crippen LogP contribution in [0.25, 0.3) is 0 Å².